The van der Waals surface area contributed by atoms with Gasteiger partial charge in [0.2, 0.25) is 0 Å². The molecule has 1 aromatic rings. The first-order chi connectivity index (χ1) is 9.24. The minimum Gasteiger partial charge on any atom is -0.493 e. The number of carboxylic acids is 1. The smallest absolute Gasteiger partial charge is 0.344 e. The number of aliphatic carboxylic acids is 1. The highest BCUT2D eigenvalue weighted by Gasteiger charge is 2.19. The molecule has 0 aliphatic rings. The largest absolute Gasteiger partial charge is 0.493 e. The van der Waals surface area contributed by atoms with E-state index in [-0.39, 0.29) is 5.54 Å². The summed E-state index contributed by atoms with van der Waals surface area (Å²) in [6, 6.07) is 5.51. The van der Waals surface area contributed by atoms with Gasteiger partial charge in [0.05, 0.1) is 7.11 Å². The molecule has 1 atom stereocenters. The van der Waals surface area contributed by atoms with Crippen LogP contribution >= 0.6 is 0 Å². The van der Waals surface area contributed by atoms with Crippen molar-refractivity contribution < 1.29 is 19.4 Å². The van der Waals surface area contributed by atoms with Crippen LogP contribution in [0, 0.1) is 0 Å². The molecule has 1 aromatic carbocycles. The summed E-state index contributed by atoms with van der Waals surface area (Å²) in [5.41, 5.74) is 0.825. The Morgan fingerprint density at radius 3 is 2.55 bits per heavy atom. The summed E-state index contributed by atoms with van der Waals surface area (Å²) in [5.74, 6) is -0.00130. The molecule has 2 N–H and O–H groups in total. The van der Waals surface area contributed by atoms with Crippen LogP contribution in [-0.2, 0) is 11.3 Å². The minimum absolute atomic E-state index is 0.0429. The predicted octanol–water partition coefficient (Wildman–Crippen LogP) is 2.44. The molecule has 0 amide bonds. The van der Waals surface area contributed by atoms with Crippen molar-refractivity contribution in [2.24, 2.45) is 0 Å². The van der Waals surface area contributed by atoms with E-state index in [0.717, 1.165) is 5.56 Å². The van der Waals surface area contributed by atoms with Crippen LogP contribution < -0.4 is 14.8 Å². The molecule has 5 heteroatoms. The summed E-state index contributed by atoms with van der Waals surface area (Å²) in [5, 5.41) is 12.3. The number of carbonyl (C=O) groups is 1. The third kappa shape index (κ3) is 4.74. The van der Waals surface area contributed by atoms with E-state index in [1.54, 1.807) is 6.07 Å². The first-order valence-electron chi connectivity index (χ1n) is 6.55. The van der Waals surface area contributed by atoms with Crippen molar-refractivity contribution >= 4 is 5.97 Å². The number of methoxy groups -OCH3 is 1. The molecule has 0 saturated carbocycles. The van der Waals surface area contributed by atoms with E-state index in [9.17, 15) is 4.79 Å². The lowest BCUT2D eigenvalue weighted by Gasteiger charge is -2.23. The lowest BCUT2D eigenvalue weighted by Crippen LogP contribution is -2.35. The fourth-order valence-electron chi connectivity index (χ4n) is 1.58. The Hall–Kier alpha value is -1.75. The van der Waals surface area contributed by atoms with Gasteiger partial charge in [-0.25, -0.2) is 4.79 Å². The number of hydrogen-bond donors (Lipinski definition) is 2. The number of rotatable bonds is 6. The van der Waals surface area contributed by atoms with Crippen LogP contribution in [0.25, 0.3) is 0 Å². The van der Waals surface area contributed by atoms with Gasteiger partial charge in [0.25, 0.3) is 0 Å². The lowest BCUT2D eigenvalue weighted by atomic mass is 10.1. The highest BCUT2D eigenvalue weighted by molar-refractivity contribution is 5.72. The molecule has 0 aromatic heterocycles. The van der Waals surface area contributed by atoms with E-state index in [4.69, 9.17) is 14.6 Å². The summed E-state index contributed by atoms with van der Waals surface area (Å²) >= 11 is 0. The van der Waals surface area contributed by atoms with E-state index in [0.29, 0.717) is 18.0 Å². The molecule has 1 rings (SSSR count). The van der Waals surface area contributed by atoms with Gasteiger partial charge in [-0.05, 0) is 33.8 Å². The van der Waals surface area contributed by atoms with Crippen molar-refractivity contribution in [1.29, 1.82) is 0 Å². The third-order valence-electron chi connectivity index (χ3n) is 2.73. The average molecular weight is 281 g/mol. The maximum Gasteiger partial charge on any atom is 0.344 e. The standard InChI is InChI=1S/C15H23NO4/c1-10(14(17)18)20-13-11(9-16-15(2,3)4)7-6-8-12(13)19-5/h6-8,10,16H,9H2,1-5H3,(H,17,18). The van der Waals surface area contributed by atoms with Gasteiger partial charge in [-0.3, -0.25) is 0 Å². The molecule has 0 aliphatic carbocycles. The molecule has 1 unspecified atom stereocenters. The highest BCUT2D eigenvalue weighted by Crippen LogP contribution is 2.32. The number of nitrogens with one attached hydrogen (secondary N) is 1. The third-order valence-corrected chi connectivity index (χ3v) is 2.73. The van der Waals surface area contributed by atoms with Gasteiger partial charge in [0, 0.05) is 17.6 Å². The second kappa shape index (κ2) is 6.61. The maximum atomic E-state index is 11.0. The molecule has 0 fully saturated rings. The van der Waals surface area contributed by atoms with Gasteiger partial charge >= 0.3 is 5.97 Å². The molecule has 0 saturated heterocycles. The van der Waals surface area contributed by atoms with Gasteiger partial charge in [-0.2, -0.15) is 0 Å². The van der Waals surface area contributed by atoms with Gasteiger partial charge in [-0.15, -0.1) is 0 Å². The first-order valence-corrected chi connectivity index (χ1v) is 6.55. The molecular weight excluding hydrogens is 258 g/mol. The van der Waals surface area contributed by atoms with Crippen LogP contribution in [0.5, 0.6) is 11.5 Å². The Morgan fingerprint density at radius 2 is 2.05 bits per heavy atom. The van der Waals surface area contributed by atoms with E-state index in [1.807, 2.05) is 12.1 Å². The van der Waals surface area contributed by atoms with E-state index in [1.165, 1.54) is 14.0 Å². The number of benzene rings is 1. The second-order valence-electron chi connectivity index (χ2n) is 5.65. The maximum absolute atomic E-state index is 11.0. The monoisotopic (exact) mass is 281 g/mol. The van der Waals surface area contributed by atoms with Crippen LogP contribution in [0.15, 0.2) is 18.2 Å². The fraction of sp³-hybridized carbons (Fsp3) is 0.533. The summed E-state index contributed by atoms with van der Waals surface area (Å²) in [6.45, 7) is 8.26. The zero-order valence-electron chi connectivity index (χ0n) is 12.7. The topological polar surface area (TPSA) is 67.8 Å². The zero-order valence-corrected chi connectivity index (χ0v) is 12.7. The summed E-state index contributed by atoms with van der Waals surface area (Å²) in [4.78, 5) is 11.0. The second-order valence-corrected chi connectivity index (χ2v) is 5.65. The highest BCUT2D eigenvalue weighted by atomic mass is 16.5. The van der Waals surface area contributed by atoms with Crippen LogP contribution in [0.1, 0.15) is 33.3 Å². The van der Waals surface area contributed by atoms with E-state index in [2.05, 4.69) is 26.1 Å². The Balaban J connectivity index is 3.01. The van der Waals surface area contributed by atoms with Crippen LogP contribution in [-0.4, -0.2) is 29.8 Å². The van der Waals surface area contributed by atoms with Crippen molar-refractivity contribution in [3.8, 4) is 11.5 Å². The molecule has 0 spiro atoms. The van der Waals surface area contributed by atoms with Crippen LogP contribution in [0.3, 0.4) is 0 Å². The first kappa shape index (κ1) is 16.3. The molecule has 0 radical (unpaired) electrons. The Bertz CT molecular complexity index is 465. The van der Waals surface area contributed by atoms with Crippen molar-refractivity contribution in [3.05, 3.63) is 23.8 Å². The molecular formula is C15H23NO4. The van der Waals surface area contributed by atoms with Gasteiger partial charge in [-0.1, -0.05) is 12.1 Å². The Labute approximate surface area is 119 Å². The van der Waals surface area contributed by atoms with Gasteiger partial charge in [0.15, 0.2) is 17.6 Å². The van der Waals surface area contributed by atoms with E-state index < -0.39 is 12.1 Å². The summed E-state index contributed by atoms with van der Waals surface area (Å²) < 4.78 is 10.8. The normalized spacial score (nSPS) is 12.8. The Kier molecular flexibility index (Phi) is 5.39. The lowest BCUT2D eigenvalue weighted by molar-refractivity contribution is -0.144. The molecule has 20 heavy (non-hydrogen) atoms. The minimum atomic E-state index is -1.01. The summed E-state index contributed by atoms with van der Waals surface area (Å²) in [7, 11) is 1.54. The molecule has 112 valence electrons. The SMILES string of the molecule is COc1cccc(CNC(C)(C)C)c1OC(C)C(=O)O. The predicted molar refractivity (Wildman–Crippen MR) is 77.3 cm³/mol. The van der Waals surface area contributed by atoms with Crippen molar-refractivity contribution in [1.82, 2.24) is 5.32 Å². The van der Waals surface area contributed by atoms with Crippen LogP contribution in [0.2, 0.25) is 0 Å². The van der Waals surface area contributed by atoms with Gasteiger partial charge in [0.1, 0.15) is 0 Å². The zero-order chi connectivity index (χ0) is 15.3. The summed E-state index contributed by atoms with van der Waals surface area (Å²) in [6.07, 6.45) is -0.931. The molecule has 0 aliphatic heterocycles. The fourth-order valence-corrected chi connectivity index (χ4v) is 1.58. The number of para-hydroxylation sites is 1. The van der Waals surface area contributed by atoms with Crippen molar-refractivity contribution in [2.75, 3.05) is 7.11 Å². The van der Waals surface area contributed by atoms with Gasteiger partial charge < -0.3 is 19.9 Å². The number of ether oxygens (including phenoxy) is 2. The average Bonchev–Trinajstić information content (AvgIpc) is 2.36. The molecule has 0 bridgehead atoms. The van der Waals surface area contributed by atoms with Crippen molar-refractivity contribution in [2.45, 2.75) is 45.9 Å². The number of carboxylic acid groups (broad SMARTS) is 1. The van der Waals surface area contributed by atoms with Crippen molar-refractivity contribution in [3.63, 3.8) is 0 Å². The molecule has 5 nitrogen and oxygen atoms in total. The van der Waals surface area contributed by atoms with Crippen LogP contribution in [0.4, 0.5) is 0 Å². The molecule has 0 heterocycles. The number of hydrogen-bond acceptors (Lipinski definition) is 4. The Morgan fingerprint density at radius 1 is 1.40 bits per heavy atom. The quantitative estimate of drug-likeness (QED) is 0.838. The van der Waals surface area contributed by atoms with E-state index >= 15 is 0 Å².